The predicted octanol–water partition coefficient (Wildman–Crippen LogP) is 17.2. The van der Waals surface area contributed by atoms with Crippen molar-refractivity contribution in [2.45, 2.75) is 277 Å². The largest absolute Gasteiger partial charge is 0.306 e. The van der Waals surface area contributed by atoms with E-state index >= 15 is 0 Å². The smallest absolute Gasteiger partial charge is 0.0305 e. The van der Waals surface area contributed by atoms with E-state index in [9.17, 15) is 0 Å². The molecule has 3 saturated carbocycles. The summed E-state index contributed by atoms with van der Waals surface area (Å²) in [4.78, 5) is 28.6. The van der Waals surface area contributed by atoms with Gasteiger partial charge in [0.05, 0.1) is 0 Å². The Labute approximate surface area is 521 Å². The van der Waals surface area contributed by atoms with E-state index in [4.69, 9.17) is 0 Å². The molecule has 0 bridgehead atoms. The Bertz CT molecular complexity index is 2560. The molecule has 7 fully saturated rings. The van der Waals surface area contributed by atoms with Crippen molar-refractivity contribution in [3.8, 4) is 0 Å². The average Bonchev–Trinajstić information content (AvgIpc) is 4.08. The minimum absolute atomic E-state index is 0.199. The van der Waals surface area contributed by atoms with Crippen molar-refractivity contribution in [2.24, 2.45) is 29.6 Å². The highest BCUT2D eigenvalue weighted by molar-refractivity contribution is 5.28. The number of aromatic nitrogens is 4. The molecular weight excluding hydrogens is 1040 g/mol. The van der Waals surface area contributed by atoms with E-state index in [2.05, 4.69) is 179 Å². The average molecular weight is 1160 g/mol. The van der Waals surface area contributed by atoms with Crippen LogP contribution in [0.5, 0.6) is 0 Å². The quantitative estimate of drug-likeness (QED) is 0.147. The highest BCUT2D eigenvalue weighted by atomic mass is 15.2. The maximum atomic E-state index is 4.49. The molecule has 85 heavy (non-hydrogen) atoms. The summed E-state index contributed by atoms with van der Waals surface area (Å²) in [7, 11) is 2.22. The zero-order valence-electron chi connectivity index (χ0n) is 57.0. The molecule has 0 N–H and O–H groups in total. The van der Waals surface area contributed by atoms with Crippen LogP contribution >= 0.6 is 0 Å². The van der Waals surface area contributed by atoms with Crippen LogP contribution in [0.25, 0.3) is 0 Å². The molecule has 0 amide bonds. The van der Waals surface area contributed by atoms with Gasteiger partial charge in [0.15, 0.2) is 0 Å². The normalized spacial score (nSPS) is 23.0. The molecule has 8 heterocycles. The summed E-state index contributed by atoms with van der Waals surface area (Å²) in [6, 6.07) is 12.2. The Balaban J connectivity index is 0.000000148. The highest BCUT2D eigenvalue weighted by Crippen LogP contribution is 2.36. The van der Waals surface area contributed by atoms with E-state index in [0.29, 0.717) is 0 Å². The fraction of sp³-hybridized carbons (Fsp3) is 0.740. The minimum atomic E-state index is 0.199. The Morgan fingerprint density at radius 2 is 0.612 bits per heavy atom. The Morgan fingerprint density at radius 3 is 0.882 bits per heavy atom. The summed E-state index contributed by atoms with van der Waals surface area (Å²) < 4.78 is 0. The van der Waals surface area contributed by atoms with Gasteiger partial charge in [-0.15, -0.1) is 0 Å². The Morgan fingerprint density at radius 1 is 0.329 bits per heavy atom. The van der Waals surface area contributed by atoms with Crippen LogP contribution in [0.4, 0.5) is 0 Å². The van der Waals surface area contributed by atoms with Crippen LogP contribution in [-0.2, 0) is 47.3 Å². The van der Waals surface area contributed by atoms with Gasteiger partial charge < -0.3 is 19.6 Å². The number of hydrogen-bond donors (Lipinski definition) is 0. The first-order valence-corrected chi connectivity index (χ1v) is 35.1. The van der Waals surface area contributed by atoms with Gasteiger partial charge in [-0.25, -0.2) is 0 Å². The molecule has 0 aromatic carbocycles. The van der Waals surface area contributed by atoms with Crippen molar-refractivity contribution in [3.05, 3.63) is 118 Å². The lowest BCUT2D eigenvalue weighted by Crippen LogP contribution is -2.45. The molecule has 2 unspecified atom stereocenters. The summed E-state index contributed by atoms with van der Waals surface area (Å²) in [6.45, 7) is 40.1. The minimum Gasteiger partial charge on any atom is -0.306 e. The van der Waals surface area contributed by atoms with Crippen molar-refractivity contribution < 1.29 is 0 Å². The Hall–Kier alpha value is -3.56. The maximum Gasteiger partial charge on any atom is 0.0305 e. The summed E-state index contributed by atoms with van der Waals surface area (Å²) in [5.41, 5.74) is 12.0. The van der Waals surface area contributed by atoms with Gasteiger partial charge in [0.25, 0.3) is 0 Å². The van der Waals surface area contributed by atoms with Crippen LogP contribution in [-0.4, -0.2) is 117 Å². The topological polar surface area (TPSA) is 64.5 Å². The summed E-state index contributed by atoms with van der Waals surface area (Å²) >= 11 is 0. The summed E-state index contributed by atoms with van der Waals surface area (Å²) in [5, 5.41) is 0. The molecule has 8 heteroatoms. The zero-order chi connectivity index (χ0) is 60.8. The highest BCUT2D eigenvalue weighted by Gasteiger charge is 2.33. The van der Waals surface area contributed by atoms with Crippen LogP contribution in [0, 0.1) is 29.6 Å². The van der Waals surface area contributed by atoms with Gasteiger partial charge in [-0.3, -0.25) is 19.9 Å². The summed E-state index contributed by atoms with van der Waals surface area (Å²) in [5.74, 6) is 4.32. The lowest BCUT2D eigenvalue weighted by molar-refractivity contribution is 0.0846. The molecular formula is C77H124N8. The third-order valence-corrected chi connectivity index (χ3v) is 21.5. The predicted molar refractivity (Wildman–Crippen MR) is 361 cm³/mol. The van der Waals surface area contributed by atoms with Gasteiger partial charge >= 0.3 is 0 Å². The molecule has 11 rings (SSSR count). The van der Waals surface area contributed by atoms with Gasteiger partial charge in [0.1, 0.15) is 0 Å². The molecule has 4 aliphatic heterocycles. The van der Waals surface area contributed by atoms with E-state index < -0.39 is 0 Å². The molecule has 4 aromatic rings. The van der Waals surface area contributed by atoms with Crippen LogP contribution in [0.2, 0.25) is 0 Å². The summed E-state index contributed by atoms with van der Waals surface area (Å²) in [6.07, 6.45) is 48.1. The number of pyridine rings is 4. The van der Waals surface area contributed by atoms with E-state index in [0.717, 1.165) is 47.7 Å². The van der Waals surface area contributed by atoms with Crippen LogP contribution in [0.3, 0.4) is 0 Å². The molecule has 3 aliphatic carbocycles. The number of likely N-dealkylation sites (tertiary alicyclic amines) is 4. The van der Waals surface area contributed by atoms with Crippen molar-refractivity contribution in [1.82, 2.24) is 39.5 Å². The van der Waals surface area contributed by atoms with Crippen molar-refractivity contribution in [1.29, 1.82) is 0 Å². The second-order valence-corrected chi connectivity index (χ2v) is 32.7. The zero-order valence-corrected chi connectivity index (χ0v) is 57.0. The van der Waals surface area contributed by atoms with Crippen LogP contribution in [0.15, 0.2) is 73.8 Å². The molecule has 4 saturated heterocycles. The molecule has 472 valence electrons. The van der Waals surface area contributed by atoms with Gasteiger partial charge in [-0.2, -0.15) is 0 Å². The fourth-order valence-electron chi connectivity index (χ4n) is 15.0. The molecule has 4 aromatic heterocycles. The lowest BCUT2D eigenvalue weighted by atomic mass is 9.84. The second-order valence-electron chi connectivity index (χ2n) is 32.7. The molecule has 0 spiro atoms. The third kappa shape index (κ3) is 21.3. The first-order valence-electron chi connectivity index (χ1n) is 35.1. The lowest BCUT2D eigenvalue weighted by Gasteiger charge is -2.41. The van der Waals surface area contributed by atoms with Crippen LogP contribution in [0.1, 0.15) is 257 Å². The standard InChI is InChI=1S/2C21H34N2.C19H30N2.C16H26N2/c1-16-6-5-7-20(16)23-10-8-17(9-11-23)12-18-13-19(15-22-14-18)21(2,3)4;1-21(2,3)19-14-18(15-22-16-19)13-17-9-11-23(12-10-17)20-7-5-4-6-8-20;1-19(2,3)17-12-16(13-20-14-17)11-15-7-9-21(10-8-15)18-5-4-6-18;1-16(2,3)15-10-14(11-17-12-15)9-13-5-7-18(4)8-6-13/h13-17,20H,5-12H2,1-4H3;14-17,20H,4-13H2,1-3H3;12-15,18H,4-11H2,1-3H3;10-13H,5-9H2,1-4H3. The van der Waals surface area contributed by atoms with E-state index in [1.165, 1.54) is 245 Å². The molecule has 0 radical (unpaired) electrons. The second kappa shape index (κ2) is 31.3. The fourth-order valence-corrected chi connectivity index (χ4v) is 15.0. The van der Waals surface area contributed by atoms with E-state index in [1.54, 1.807) is 0 Å². The van der Waals surface area contributed by atoms with Crippen LogP contribution < -0.4 is 0 Å². The number of hydrogen-bond acceptors (Lipinski definition) is 8. The Kier molecular flexibility index (Phi) is 24.8. The van der Waals surface area contributed by atoms with Gasteiger partial charge in [-0.05, 0) is 271 Å². The molecule has 7 aliphatic rings. The monoisotopic (exact) mass is 1160 g/mol. The first-order chi connectivity index (χ1) is 40.4. The molecule has 8 nitrogen and oxygen atoms in total. The molecule has 2 atom stereocenters. The van der Waals surface area contributed by atoms with E-state index in [1.807, 2.05) is 31.0 Å². The maximum absolute atomic E-state index is 4.49. The first kappa shape index (κ1) is 67.4. The SMILES string of the molecule is CC(C)(C)c1cncc(CC2CCN(C3CCC3)CC2)c1.CC(C)(C)c1cncc(CC2CCN(C3CCCCC3)CC2)c1.CC1CCCC1N1CCC(Cc2cncc(C(C)(C)C)c2)CC1.CN1CCC(Cc2cncc(C(C)(C)C)c2)CC1. The van der Waals surface area contributed by atoms with Gasteiger partial charge in [0.2, 0.25) is 0 Å². The van der Waals surface area contributed by atoms with E-state index in [-0.39, 0.29) is 21.7 Å². The number of nitrogens with zero attached hydrogens (tertiary/aromatic N) is 8. The van der Waals surface area contributed by atoms with Crippen molar-refractivity contribution in [2.75, 3.05) is 59.4 Å². The number of rotatable bonds is 11. The van der Waals surface area contributed by atoms with Crippen molar-refractivity contribution >= 4 is 0 Å². The van der Waals surface area contributed by atoms with Crippen molar-refractivity contribution in [3.63, 3.8) is 0 Å². The van der Waals surface area contributed by atoms with Gasteiger partial charge in [0, 0.05) is 67.7 Å². The third-order valence-electron chi connectivity index (χ3n) is 21.5. The number of piperidine rings is 4. The van der Waals surface area contributed by atoms with Gasteiger partial charge in [-0.1, -0.05) is 146 Å².